The highest BCUT2D eigenvalue weighted by atomic mass is 32.2. The molecule has 168 valence electrons. The Morgan fingerprint density at radius 1 is 1.06 bits per heavy atom. The molecule has 0 saturated heterocycles. The molecule has 2 aromatic carbocycles. The highest BCUT2D eigenvalue weighted by Gasteiger charge is 2.30. The molecule has 2 aromatic rings. The Labute approximate surface area is 180 Å². The summed E-state index contributed by atoms with van der Waals surface area (Å²) in [6, 6.07) is 9.62. The number of nitrogens with one attached hydrogen (secondary N) is 1. The minimum atomic E-state index is -4.01. The monoisotopic (exact) mass is 453 g/mol. The summed E-state index contributed by atoms with van der Waals surface area (Å²) >= 11 is 0. The van der Waals surface area contributed by atoms with Gasteiger partial charge in [-0.1, -0.05) is 24.3 Å². The molecule has 7 nitrogen and oxygen atoms in total. The number of carbonyl (C=O) groups excluding carboxylic acids is 2. The zero-order valence-electron chi connectivity index (χ0n) is 17.5. The van der Waals surface area contributed by atoms with Gasteiger partial charge in [-0.05, 0) is 43.7 Å². The predicted molar refractivity (Wildman–Crippen MR) is 114 cm³/mol. The van der Waals surface area contributed by atoms with Crippen LogP contribution in [0.4, 0.5) is 14.5 Å². The smallest absolute Gasteiger partial charge is 0.244 e. The minimum absolute atomic E-state index is 0.0632. The first kappa shape index (κ1) is 24.3. The van der Waals surface area contributed by atoms with Crippen molar-refractivity contribution in [2.75, 3.05) is 23.7 Å². The second kappa shape index (κ2) is 10.3. The second-order valence-electron chi connectivity index (χ2n) is 6.94. The molecule has 10 heteroatoms. The summed E-state index contributed by atoms with van der Waals surface area (Å²) in [5.41, 5.74) is 0.272. The first-order valence-electron chi connectivity index (χ1n) is 9.58. The number of hydrogen-bond acceptors (Lipinski definition) is 4. The normalized spacial score (nSPS) is 12.2. The molecule has 2 amide bonds. The van der Waals surface area contributed by atoms with E-state index < -0.39 is 46.1 Å². The van der Waals surface area contributed by atoms with Crippen LogP contribution in [0.15, 0.2) is 48.5 Å². The number of sulfonamides is 1. The molecule has 0 spiro atoms. The number of benzene rings is 2. The minimum Gasteiger partial charge on any atom is -0.355 e. The number of halogens is 2. The largest absolute Gasteiger partial charge is 0.355 e. The van der Waals surface area contributed by atoms with Gasteiger partial charge in [-0.15, -0.1) is 0 Å². The van der Waals surface area contributed by atoms with Gasteiger partial charge in [0.05, 0.1) is 11.9 Å². The maximum absolute atomic E-state index is 14.3. The summed E-state index contributed by atoms with van der Waals surface area (Å²) in [4.78, 5) is 26.7. The lowest BCUT2D eigenvalue weighted by Gasteiger charge is -2.31. The van der Waals surface area contributed by atoms with Crippen LogP contribution in [0.5, 0.6) is 0 Å². The van der Waals surface area contributed by atoms with Gasteiger partial charge in [0.25, 0.3) is 0 Å². The Hall–Kier alpha value is -3.01. The second-order valence-corrected chi connectivity index (χ2v) is 8.85. The van der Waals surface area contributed by atoms with Crippen molar-refractivity contribution in [2.45, 2.75) is 26.4 Å². The van der Waals surface area contributed by atoms with Gasteiger partial charge in [0.1, 0.15) is 24.2 Å². The van der Waals surface area contributed by atoms with Gasteiger partial charge in [0, 0.05) is 13.1 Å². The molecular formula is C21H25F2N3O4S. The van der Waals surface area contributed by atoms with E-state index in [0.29, 0.717) is 16.4 Å². The first-order chi connectivity index (χ1) is 14.5. The van der Waals surface area contributed by atoms with Crippen molar-refractivity contribution in [1.82, 2.24) is 10.2 Å². The van der Waals surface area contributed by atoms with Gasteiger partial charge in [-0.25, -0.2) is 17.2 Å². The fraction of sp³-hybridized carbons (Fsp3) is 0.333. The molecule has 0 radical (unpaired) electrons. The Kier molecular flexibility index (Phi) is 8.09. The number of rotatable bonds is 9. The Bertz CT molecular complexity index is 1030. The van der Waals surface area contributed by atoms with Crippen molar-refractivity contribution >= 4 is 27.5 Å². The maximum Gasteiger partial charge on any atom is 0.244 e. The van der Waals surface area contributed by atoms with Crippen LogP contribution in [0.2, 0.25) is 0 Å². The van der Waals surface area contributed by atoms with E-state index in [1.807, 2.05) is 0 Å². The van der Waals surface area contributed by atoms with Gasteiger partial charge < -0.3 is 10.2 Å². The number of para-hydroxylation sites is 1. The average molecular weight is 454 g/mol. The van der Waals surface area contributed by atoms with Crippen LogP contribution in [-0.2, 0) is 26.2 Å². The molecule has 0 fully saturated rings. The van der Waals surface area contributed by atoms with Gasteiger partial charge in [-0.3, -0.25) is 13.9 Å². The van der Waals surface area contributed by atoms with Gasteiger partial charge in [-0.2, -0.15) is 0 Å². The standard InChI is InChI=1S/C21H25F2N3O4S/c1-4-24-21(28)15(2)25(13-16-9-11-17(22)12-10-16)20(27)14-26(31(3,29)30)19-8-6-5-7-18(19)23/h5-12,15H,4,13-14H2,1-3H3,(H,24,28)/t15-/m0/s1. The summed E-state index contributed by atoms with van der Waals surface area (Å²) in [5, 5.41) is 2.62. The van der Waals surface area contributed by atoms with Crippen LogP contribution in [0.1, 0.15) is 19.4 Å². The summed E-state index contributed by atoms with van der Waals surface area (Å²) in [6.07, 6.45) is 0.865. The van der Waals surface area contributed by atoms with Crippen molar-refractivity contribution in [3.8, 4) is 0 Å². The third-order valence-electron chi connectivity index (χ3n) is 4.58. The third kappa shape index (κ3) is 6.48. The van der Waals surface area contributed by atoms with E-state index in [1.165, 1.54) is 54.3 Å². The molecule has 2 rings (SSSR count). The summed E-state index contributed by atoms with van der Waals surface area (Å²) in [7, 11) is -4.01. The molecule has 1 N–H and O–H groups in total. The van der Waals surface area contributed by atoms with E-state index in [9.17, 15) is 26.8 Å². The number of hydrogen-bond donors (Lipinski definition) is 1. The summed E-state index contributed by atoms with van der Waals surface area (Å²) in [5.74, 6) is -2.41. The van der Waals surface area contributed by atoms with Crippen molar-refractivity contribution in [2.24, 2.45) is 0 Å². The lowest BCUT2D eigenvalue weighted by Crippen LogP contribution is -2.51. The van der Waals surface area contributed by atoms with Crippen molar-refractivity contribution < 1.29 is 26.8 Å². The SMILES string of the molecule is CCNC(=O)[C@H](C)N(Cc1ccc(F)cc1)C(=O)CN(c1ccccc1F)S(C)(=O)=O. The molecule has 0 aromatic heterocycles. The van der Waals surface area contributed by atoms with Crippen LogP contribution in [0, 0.1) is 11.6 Å². The molecule has 0 unspecified atom stereocenters. The van der Waals surface area contributed by atoms with E-state index in [-0.39, 0.29) is 12.2 Å². The van der Waals surface area contributed by atoms with E-state index in [0.717, 1.165) is 12.3 Å². The van der Waals surface area contributed by atoms with E-state index >= 15 is 0 Å². The molecule has 0 aliphatic carbocycles. The Balaban J connectivity index is 2.38. The molecule has 0 saturated carbocycles. The molecular weight excluding hydrogens is 428 g/mol. The van der Waals surface area contributed by atoms with Crippen LogP contribution in [-0.4, -0.2) is 50.5 Å². The Morgan fingerprint density at radius 2 is 1.68 bits per heavy atom. The van der Waals surface area contributed by atoms with Crippen molar-refractivity contribution in [3.63, 3.8) is 0 Å². The average Bonchev–Trinajstić information content (AvgIpc) is 2.71. The number of nitrogens with zero attached hydrogens (tertiary/aromatic N) is 2. The predicted octanol–water partition coefficient (Wildman–Crippen LogP) is 2.28. The highest BCUT2D eigenvalue weighted by Crippen LogP contribution is 2.22. The molecule has 0 aliphatic heterocycles. The lowest BCUT2D eigenvalue weighted by atomic mass is 10.1. The summed E-state index contributed by atoms with van der Waals surface area (Å²) < 4.78 is 52.8. The topological polar surface area (TPSA) is 86.8 Å². The number of anilines is 1. The van der Waals surface area contributed by atoms with Crippen LogP contribution in [0.3, 0.4) is 0 Å². The lowest BCUT2D eigenvalue weighted by molar-refractivity contribution is -0.139. The molecule has 0 heterocycles. The fourth-order valence-electron chi connectivity index (χ4n) is 2.94. The molecule has 31 heavy (non-hydrogen) atoms. The molecule has 0 aliphatic rings. The zero-order valence-corrected chi connectivity index (χ0v) is 18.3. The van der Waals surface area contributed by atoms with E-state index in [1.54, 1.807) is 6.92 Å². The number of carbonyl (C=O) groups is 2. The highest BCUT2D eigenvalue weighted by molar-refractivity contribution is 7.92. The molecule has 0 bridgehead atoms. The maximum atomic E-state index is 14.3. The Morgan fingerprint density at radius 3 is 2.23 bits per heavy atom. The van der Waals surface area contributed by atoms with Crippen molar-refractivity contribution in [1.29, 1.82) is 0 Å². The van der Waals surface area contributed by atoms with E-state index in [4.69, 9.17) is 0 Å². The van der Waals surface area contributed by atoms with E-state index in [2.05, 4.69) is 5.32 Å². The van der Waals surface area contributed by atoms with Crippen LogP contribution >= 0.6 is 0 Å². The first-order valence-corrected chi connectivity index (χ1v) is 11.4. The number of amides is 2. The summed E-state index contributed by atoms with van der Waals surface area (Å²) in [6.45, 7) is 2.80. The quantitative estimate of drug-likeness (QED) is 0.631. The van der Waals surface area contributed by atoms with Gasteiger partial charge >= 0.3 is 0 Å². The van der Waals surface area contributed by atoms with Crippen LogP contribution < -0.4 is 9.62 Å². The van der Waals surface area contributed by atoms with Gasteiger partial charge in [0.2, 0.25) is 21.8 Å². The fourth-order valence-corrected chi connectivity index (χ4v) is 3.79. The zero-order chi connectivity index (χ0) is 23.2. The molecule has 1 atom stereocenters. The van der Waals surface area contributed by atoms with Crippen LogP contribution in [0.25, 0.3) is 0 Å². The third-order valence-corrected chi connectivity index (χ3v) is 5.71. The van der Waals surface area contributed by atoms with Crippen molar-refractivity contribution in [3.05, 3.63) is 65.7 Å². The number of likely N-dealkylation sites (N-methyl/N-ethyl adjacent to an activating group) is 1. The van der Waals surface area contributed by atoms with Gasteiger partial charge in [0.15, 0.2) is 0 Å².